The van der Waals surface area contributed by atoms with Gasteiger partial charge in [0.25, 0.3) is 0 Å². The van der Waals surface area contributed by atoms with Crippen LogP contribution in [0.1, 0.15) is 37.8 Å². The molecule has 1 saturated heterocycles. The van der Waals surface area contributed by atoms with E-state index in [9.17, 15) is 0 Å². The lowest BCUT2D eigenvalue weighted by atomic mass is 10.0. The van der Waals surface area contributed by atoms with E-state index in [1.165, 1.54) is 44.3 Å². The number of nitrogens with zero attached hydrogens (tertiary/aromatic N) is 1. The zero-order valence-corrected chi connectivity index (χ0v) is 9.28. The Balaban J connectivity index is 1.77. The highest BCUT2D eigenvalue weighted by Crippen LogP contribution is 2.12. The third-order valence-electron chi connectivity index (χ3n) is 3.14. The maximum Gasteiger partial charge on any atom is 0.0404 e. The van der Waals surface area contributed by atoms with Crippen LogP contribution in [0.3, 0.4) is 0 Å². The topological polar surface area (TPSA) is 24.9 Å². The first-order valence-electron chi connectivity index (χ1n) is 6.08. The molecule has 1 aromatic heterocycles. The molecule has 0 amide bonds. The summed E-state index contributed by atoms with van der Waals surface area (Å²) in [5.41, 5.74) is 1.23. The molecule has 0 bridgehead atoms. The molecule has 1 aromatic rings. The van der Waals surface area contributed by atoms with Crippen LogP contribution in [0.4, 0.5) is 0 Å². The van der Waals surface area contributed by atoms with Gasteiger partial charge in [0.1, 0.15) is 0 Å². The van der Waals surface area contributed by atoms with Gasteiger partial charge in [0.15, 0.2) is 0 Å². The van der Waals surface area contributed by atoms with Crippen molar-refractivity contribution in [3.05, 3.63) is 30.1 Å². The van der Waals surface area contributed by atoms with E-state index < -0.39 is 0 Å². The average Bonchev–Trinajstić information content (AvgIpc) is 2.56. The lowest BCUT2D eigenvalue weighted by molar-refractivity contribution is 0.476. The van der Waals surface area contributed by atoms with Gasteiger partial charge < -0.3 is 5.32 Å². The Morgan fingerprint density at radius 3 is 3.13 bits per heavy atom. The van der Waals surface area contributed by atoms with Crippen LogP contribution >= 0.6 is 0 Å². The van der Waals surface area contributed by atoms with E-state index >= 15 is 0 Å². The van der Waals surface area contributed by atoms with Crippen LogP contribution in [0.25, 0.3) is 0 Å². The Morgan fingerprint density at radius 2 is 2.27 bits per heavy atom. The minimum Gasteiger partial charge on any atom is -0.314 e. The molecule has 1 atom stereocenters. The molecule has 2 nitrogen and oxygen atoms in total. The first-order chi connectivity index (χ1) is 7.45. The molecule has 1 unspecified atom stereocenters. The van der Waals surface area contributed by atoms with Crippen LogP contribution in [0, 0.1) is 0 Å². The van der Waals surface area contributed by atoms with Gasteiger partial charge in [-0.3, -0.25) is 4.98 Å². The molecular formula is C13H20N2. The molecule has 82 valence electrons. The molecule has 2 heteroatoms. The standard InChI is InChI=1S/C13H20N2/c1-2-6-12(14-10-4-1)8-9-13-7-3-5-11-15-13/h3,5,7,11-12,14H,1-2,4,6,8-10H2. The molecule has 0 spiro atoms. The van der Waals surface area contributed by atoms with E-state index in [0.29, 0.717) is 0 Å². The van der Waals surface area contributed by atoms with E-state index in [0.717, 1.165) is 12.5 Å². The van der Waals surface area contributed by atoms with Crippen molar-refractivity contribution in [3.8, 4) is 0 Å². The molecule has 1 fully saturated rings. The number of hydrogen-bond acceptors (Lipinski definition) is 2. The van der Waals surface area contributed by atoms with Gasteiger partial charge >= 0.3 is 0 Å². The van der Waals surface area contributed by atoms with Crippen molar-refractivity contribution in [3.63, 3.8) is 0 Å². The molecule has 15 heavy (non-hydrogen) atoms. The zero-order valence-electron chi connectivity index (χ0n) is 9.28. The minimum atomic E-state index is 0.717. The van der Waals surface area contributed by atoms with E-state index in [1.807, 2.05) is 12.3 Å². The second kappa shape index (κ2) is 5.86. The number of rotatable bonds is 3. The van der Waals surface area contributed by atoms with Crippen molar-refractivity contribution < 1.29 is 0 Å². The Morgan fingerprint density at radius 1 is 1.27 bits per heavy atom. The molecule has 1 aliphatic heterocycles. The summed E-state index contributed by atoms with van der Waals surface area (Å²) in [6.45, 7) is 1.20. The maximum absolute atomic E-state index is 4.36. The number of aromatic nitrogens is 1. The summed E-state index contributed by atoms with van der Waals surface area (Å²) in [4.78, 5) is 4.36. The summed E-state index contributed by atoms with van der Waals surface area (Å²) < 4.78 is 0. The maximum atomic E-state index is 4.36. The van der Waals surface area contributed by atoms with Gasteiger partial charge in [0, 0.05) is 17.9 Å². The molecule has 0 radical (unpaired) electrons. The second-order valence-corrected chi connectivity index (χ2v) is 4.36. The van der Waals surface area contributed by atoms with Gasteiger partial charge in [0.05, 0.1) is 0 Å². The summed E-state index contributed by atoms with van der Waals surface area (Å²) in [5, 5.41) is 3.62. The largest absolute Gasteiger partial charge is 0.314 e. The quantitative estimate of drug-likeness (QED) is 0.818. The summed E-state index contributed by atoms with van der Waals surface area (Å²) in [6.07, 6.45) is 9.70. The number of nitrogens with one attached hydrogen (secondary N) is 1. The first kappa shape index (κ1) is 10.6. The van der Waals surface area contributed by atoms with Gasteiger partial charge in [-0.15, -0.1) is 0 Å². The van der Waals surface area contributed by atoms with E-state index in [4.69, 9.17) is 0 Å². The predicted octanol–water partition coefficient (Wildman–Crippen LogP) is 2.55. The van der Waals surface area contributed by atoms with E-state index in [2.05, 4.69) is 22.4 Å². The van der Waals surface area contributed by atoms with Gasteiger partial charge in [-0.2, -0.15) is 0 Å². The Bertz CT molecular complexity index is 263. The third kappa shape index (κ3) is 3.63. The molecule has 2 heterocycles. The fraction of sp³-hybridized carbons (Fsp3) is 0.615. The highest BCUT2D eigenvalue weighted by atomic mass is 14.9. The second-order valence-electron chi connectivity index (χ2n) is 4.36. The monoisotopic (exact) mass is 204 g/mol. The lowest BCUT2D eigenvalue weighted by Gasteiger charge is -2.14. The Labute approximate surface area is 92.1 Å². The van der Waals surface area contributed by atoms with Crippen LogP contribution in [0.2, 0.25) is 0 Å². The predicted molar refractivity (Wildman–Crippen MR) is 62.8 cm³/mol. The smallest absolute Gasteiger partial charge is 0.0404 e. The lowest BCUT2D eigenvalue weighted by Crippen LogP contribution is -2.28. The van der Waals surface area contributed by atoms with Crippen molar-refractivity contribution in [2.24, 2.45) is 0 Å². The molecular weight excluding hydrogens is 184 g/mol. The number of aryl methyl sites for hydroxylation is 1. The van der Waals surface area contributed by atoms with Crippen LogP contribution in [0.15, 0.2) is 24.4 Å². The highest BCUT2D eigenvalue weighted by Gasteiger charge is 2.10. The van der Waals surface area contributed by atoms with Crippen LogP contribution in [-0.2, 0) is 6.42 Å². The minimum absolute atomic E-state index is 0.717. The van der Waals surface area contributed by atoms with E-state index in [-0.39, 0.29) is 0 Å². The third-order valence-corrected chi connectivity index (χ3v) is 3.14. The fourth-order valence-electron chi connectivity index (χ4n) is 2.22. The van der Waals surface area contributed by atoms with Crippen LogP contribution in [0.5, 0.6) is 0 Å². The molecule has 0 saturated carbocycles. The number of pyridine rings is 1. The van der Waals surface area contributed by atoms with Gasteiger partial charge in [-0.25, -0.2) is 0 Å². The Hall–Kier alpha value is -0.890. The summed E-state index contributed by atoms with van der Waals surface area (Å²) in [7, 11) is 0. The van der Waals surface area contributed by atoms with Crippen molar-refractivity contribution in [1.29, 1.82) is 0 Å². The van der Waals surface area contributed by atoms with E-state index in [1.54, 1.807) is 0 Å². The van der Waals surface area contributed by atoms with Crippen LogP contribution < -0.4 is 5.32 Å². The summed E-state index contributed by atoms with van der Waals surface area (Å²) >= 11 is 0. The first-order valence-corrected chi connectivity index (χ1v) is 6.08. The molecule has 2 rings (SSSR count). The summed E-state index contributed by atoms with van der Waals surface area (Å²) in [6, 6.07) is 6.89. The SMILES string of the molecule is c1ccc(CCC2CCCCCN2)nc1. The van der Waals surface area contributed by atoms with Crippen LogP contribution in [-0.4, -0.2) is 17.6 Å². The van der Waals surface area contributed by atoms with Gasteiger partial charge in [0.2, 0.25) is 0 Å². The molecule has 1 N–H and O–H groups in total. The Kier molecular flexibility index (Phi) is 4.15. The van der Waals surface area contributed by atoms with Gasteiger partial charge in [-0.05, 0) is 44.4 Å². The van der Waals surface area contributed by atoms with Crippen molar-refractivity contribution >= 4 is 0 Å². The van der Waals surface area contributed by atoms with Gasteiger partial charge in [-0.1, -0.05) is 18.9 Å². The molecule has 1 aliphatic rings. The average molecular weight is 204 g/mol. The molecule has 0 aliphatic carbocycles. The van der Waals surface area contributed by atoms with Crippen molar-refractivity contribution in [2.45, 2.75) is 44.6 Å². The van der Waals surface area contributed by atoms with Crippen molar-refractivity contribution in [2.75, 3.05) is 6.54 Å². The summed E-state index contributed by atoms with van der Waals surface area (Å²) in [5.74, 6) is 0. The zero-order chi connectivity index (χ0) is 10.3. The normalized spacial score (nSPS) is 22.3. The molecule has 0 aromatic carbocycles. The fourth-order valence-corrected chi connectivity index (χ4v) is 2.22. The van der Waals surface area contributed by atoms with Crippen molar-refractivity contribution in [1.82, 2.24) is 10.3 Å². The highest BCUT2D eigenvalue weighted by molar-refractivity contribution is 5.03. The number of hydrogen-bond donors (Lipinski definition) is 1.